The maximum Gasteiger partial charge on any atom is 0.263 e. The minimum absolute atomic E-state index is 0.0419. The fraction of sp³-hybridized carbons (Fsp3) is 0.316. The predicted molar refractivity (Wildman–Crippen MR) is 109 cm³/mol. The molecular formula is C19H20Cl2N2O3S. The molecule has 144 valence electrons. The molecule has 0 spiro atoms. The highest BCUT2D eigenvalue weighted by Gasteiger charge is 2.32. The molecule has 1 aliphatic rings. The van der Waals surface area contributed by atoms with Crippen LogP contribution in [0.4, 0.5) is 11.4 Å². The Kier molecular flexibility index (Phi) is 5.18. The fourth-order valence-electron chi connectivity index (χ4n) is 2.97. The largest absolute Gasteiger partial charge is 0.311 e. The van der Waals surface area contributed by atoms with E-state index in [2.05, 4.69) is 4.72 Å². The zero-order valence-electron chi connectivity index (χ0n) is 15.2. The molecule has 0 unspecified atom stereocenters. The molecule has 2 aromatic carbocycles. The Morgan fingerprint density at radius 2 is 1.81 bits per heavy atom. The monoisotopic (exact) mass is 426 g/mol. The van der Waals surface area contributed by atoms with E-state index in [1.165, 1.54) is 18.2 Å². The molecule has 1 heterocycles. The van der Waals surface area contributed by atoms with Crippen LogP contribution in [0.3, 0.4) is 0 Å². The van der Waals surface area contributed by atoms with Crippen molar-refractivity contribution in [2.75, 3.05) is 16.2 Å². The van der Waals surface area contributed by atoms with Crippen LogP contribution < -0.4 is 9.62 Å². The molecule has 1 N–H and O–H groups in total. The quantitative estimate of drug-likeness (QED) is 0.770. The van der Waals surface area contributed by atoms with Crippen LogP contribution in [0.1, 0.15) is 26.3 Å². The molecule has 2 aromatic rings. The van der Waals surface area contributed by atoms with Gasteiger partial charge in [0.15, 0.2) is 0 Å². The van der Waals surface area contributed by atoms with Crippen molar-refractivity contribution in [3.05, 3.63) is 52.0 Å². The van der Waals surface area contributed by atoms with E-state index < -0.39 is 15.4 Å². The van der Waals surface area contributed by atoms with Gasteiger partial charge in [0.1, 0.15) is 4.90 Å². The Morgan fingerprint density at radius 3 is 2.48 bits per heavy atom. The SMILES string of the molecule is CC(C)(C)C(=O)N1CCc2cc(NS(=O)(=O)c3cc(Cl)ccc3Cl)ccc21. The minimum atomic E-state index is -3.88. The van der Waals surface area contributed by atoms with Gasteiger partial charge in [-0.25, -0.2) is 8.42 Å². The van der Waals surface area contributed by atoms with Gasteiger partial charge < -0.3 is 4.90 Å². The number of rotatable bonds is 3. The Bertz CT molecular complexity index is 1010. The number of anilines is 2. The number of carbonyl (C=O) groups is 1. The summed E-state index contributed by atoms with van der Waals surface area (Å²) in [7, 11) is -3.88. The van der Waals surface area contributed by atoms with E-state index in [-0.39, 0.29) is 20.8 Å². The van der Waals surface area contributed by atoms with E-state index in [0.29, 0.717) is 18.7 Å². The van der Waals surface area contributed by atoms with E-state index in [1.807, 2.05) is 20.8 Å². The van der Waals surface area contributed by atoms with Gasteiger partial charge >= 0.3 is 0 Å². The Balaban J connectivity index is 1.89. The number of halogens is 2. The smallest absolute Gasteiger partial charge is 0.263 e. The second kappa shape index (κ2) is 7.00. The van der Waals surface area contributed by atoms with Crippen LogP contribution in [0.25, 0.3) is 0 Å². The van der Waals surface area contributed by atoms with Crippen molar-refractivity contribution in [3.63, 3.8) is 0 Å². The summed E-state index contributed by atoms with van der Waals surface area (Å²) < 4.78 is 27.9. The molecule has 5 nitrogen and oxygen atoms in total. The summed E-state index contributed by atoms with van der Waals surface area (Å²) >= 11 is 11.9. The lowest BCUT2D eigenvalue weighted by atomic mass is 9.94. The summed E-state index contributed by atoms with van der Waals surface area (Å²) in [5.74, 6) is 0.0419. The molecule has 3 rings (SSSR count). The molecular weight excluding hydrogens is 407 g/mol. The summed E-state index contributed by atoms with van der Waals surface area (Å²) in [4.78, 5) is 14.3. The lowest BCUT2D eigenvalue weighted by Crippen LogP contribution is -2.38. The third-order valence-electron chi connectivity index (χ3n) is 4.30. The molecule has 8 heteroatoms. The summed E-state index contributed by atoms with van der Waals surface area (Å²) in [5.41, 5.74) is 1.67. The van der Waals surface area contributed by atoms with E-state index in [1.54, 1.807) is 23.1 Å². The first-order valence-electron chi connectivity index (χ1n) is 8.42. The first-order chi connectivity index (χ1) is 12.5. The van der Waals surface area contributed by atoms with E-state index >= 15 is 0 Å². The number of fused-ring (bicyclic) bond motifs is 1. The van der Waals surface area contributed by atoms with Gasteiger partial charge in [0.05, 0.1) is 5.02 Å². The van der Waals surface area contributed by atoms with Crippen LogP contribution in [-0.4, -0.2) is 20.9 Å². The van der Waals surface area contributed by atoms with Crippen molar-refractivity contribution in [1.82, 2.24) is 0 Å². The topological polar surface area (TPSA) is 66.5 Å². The number of amides is 1. The van der Waals surface area contributed by atoms with Crippen LogP contribution >= 0.6 is 23.2 Å². The number of hydrogen-bond donors (Lipinski definition) is 1. The van der Waals surface area contributed by atoms with E-state index in [9.17, 15) is 13.2 Å². The van der Waals surface area contributed by atoms with Gasteiger partial charge in [-0.2, -0.15) is 0 Å². The number of hydrogen-bond acceptors (Lipinski definition) is 3. The highest BCUT2D eigenvalue weighted by molar-refractivity contribution is 7.92. The Morgan fingerprint density at radius 1 is 1.11 bits per heavy atom. The van der Waals surface area contributed by atoms with Gasteiger partial charge in [0.25, 0.3) is 10.0 Å². The van der Waals surface area contributed by atoms with Crippen molar-refractivity contribution in [2.45, 2.75) is 32.1 Å². The molecule has 0 atom stereocenters. The zero-order chi connectivity index (χ0) is 20.0. The van der Waals surface area contributed by atoms with Crippen molar-refractivity contribution in [3.8, 4) is 0 Å². The predicted octanol–water partition coefficient (Wildman–Crippen LogP) is 4.73. The van der Waals surface area contributed by atoms with Crippen molar-refractivity contribution in [1.29, 1.82) is 0 Å². The van der Waals surface area contributed by atoms with Crippen LogP contribution in [0.15, 0.2) is 41.3 Å². The Hall–Kier alpha value is -1.76. The lowest BCUT2D eigenvalue weighted by Gasteiger charge is -2.26. The number of carbonyl (C=O) groups excluding carboxylic acids is 1. The van der Waals surface area contributed by atoms with Gasteiger partial charge in [-0.15, -0.1) is 0 Å². The summed E-state index contributed by atoms with van der Waals surface area (Å²) in [6.45, 7) is 6.22. The van der Waals surface area contributed by atoms with Crippen LogP contribution in [-0.2, 0) is 21.2 Å². The number of sulfonamides is 1. The maximum absolute atomic E-state index is 12.7. The summed E-state index contributed by atoms with van der Waals surface area (Å²) in [5, 5.41) is 0.375. The van der Waals surface area contributed by atoms with E-state index in [4.69, 9.17) is 23.2 Å². The molecule has 0 saturated carbocycles. The van der Waals surface area contributed by atoms with Crippen LogP contribution in [0.5, 0.6) is 0 Å². The fourth-order valence-corrected chi connectivity index (χ4v) is 4.79. The van der Waals surface area contributed by atoms with Gasteiger partial charge in [-0.3, -0.25) is 9.52 Å². The van der Waals surface area contributed by atoms with Crippen LogP contribution in [0, 0.1) is 5.41 Å². The van der Waals surface area contributed by atoms with Crippen molar-refractivity contribution < 1.29 is 13.2 Å². The van der Waals surface area contributed by atoms with Crippen molar-refractivity contribution in [2.24, 2.45) is 5.41 Å². The highest BCUT2D eigenvalue weighted by atomic mass is 35.5. The standard InChI is InChI=1S/C19H20Cl2N2O3S/c1-19(2,3)18(24)23-9-8-12-10-14(5-7-16(12)23)22-27(25,26)17-11-13(20)4-6-15(17)21/h4-7,10-11,22H,8-9H2,1-3H3. The average molecular weight is 427 g/mol. The first-order valence-corrected chi connectivity index (χ1v) is 10.7. The third kappa shape index (κ3) is 4.08. The molecule has 0 aromatic heterocycles. The third-order valence-corrected chi connectivity index (χ3v) is 6.39. The molecule has 1 amide bonds. The minimum Gasteiger partial charge on any atom is -0.311 e. The number of nitrogens with zero attached hydrogens (tertiary/aromatic N) is 1. The van der Waals surface area contributed by atoms with E-state index in [0.717, 1.165) is 11.3 Å². The van der Waals surface area contributed by atoms with Crippen LogP contribution in [0.2, 0.25) is 10.0 Å². The average Bonchev–Trinajstić information content (AvgIpc) is 2.98. The molecule has 0 fully saturated rings. The number of nitrogens with one attached hydrogen (secondary N) is 1. The highest BCUT2D eigenvalue weighted by Crippen LogP contribution is 2.34. The second-order valence-corrected chi connectivity index (χ2v) is 9.97. The molecule has 0 saturated heterocycles. The first kappa shape index (κ1) is 20.0. The van der Waals surface area contributed by atoms with Gasteiger partial charge in [-0.05, 0) is 48.4 Å². The maximum atomic E-state index is 12.7. The van der Waals surface area contributed by atoms with Gasteiger partial charge in [0.2, 0.25) is 5.91 Å². The summed E-state index contributed by atoms with van der Waals surface area (Å²) in [6.07, 6.45) is 0.671. The normalized spacial score (nSPS) is 14.2. The summed E-state index contributed by atoms with van der Waals surface area (Å²) in [6, 6.07) is 9.44. The molecule has 0 radical (unpaired) electrons. The number of benzene rings is 2. The molecule has 0 bridgehead atoms. The molecule has 27 heavy (non-hydrogen) atoms. The second-order valence-electron chi connectivity index (χ2n) is 7.48. The Labute approximate surface area is 169 Å². The zero-order valence-corrected chi connectivity index (χ0v) is 17.5. The molecule has 1 aliphatic heterocycles. The van der Waals surface area contributed by atoms with Gasteiger partial charge in [-0.1, -0.05) is 44.0 Å². The van der Waals surface area contributed by atoms with Gasteiger partial charge in [0, 0.05) is 28.4 Å². The van der Waals surface area contributed by atoms with Crippen molar-refractivity contribution >= 4 is 50.5 Å². The lowest BCUT2D eigenvalue weighted by molar-refractivity contribution is -0.125. The molecule has 0 aliphatic carbocycles.